The summed E-state index contributed by atoms with van der Waals surface area (Å²) >= 11 is 1.36. The van der Waals surface area contributed by atoms with E-state index in [4.69, 9.17) is 0 Å². The highest BCUT2D eigenvalue weighted by atomic mass is 32.1. The van der Waals surface area contributed by atoms with Crippen LogP contribution in [0.4, 0.5) is 0 Å². The zero-order valence-electron chi connectivity index (χ0n) is 16.2. The summed E-state index contributed by atoms with van der Waals surface area (Å²) in [6, 6.07) is 10.5. The number of hydrogen-bond donors (Lipinski definition) is 3. The van der Waals surface area contributed by atoms with Gasteiger partial charge in [0.15, 0.2) is 5.96 Å². The first-order chi connectivity index (χ1) is 13.7. The van der Waals surface area contributed by atoms with Crippen molar-refractivity contribution in [2.24, 2.45) is 4.99 Å². The maximum atomic E-state index is 12.0. The highest BCUT2D eigenvalue weighted by molar-refractivity contribution is 7.11. The van der Waals surface area contributed by atoms with Gasteiger partial charge in [-0.25, -0.2) is 4.98 Å². The van der Waals surface area contributed by atoms with E-state index in [2.05, 4.69) is 67.0 Å². The molecular weight excluding hydrogens is 372 g/mol. The number of fused-ring (bicyclic) bond motifs is 1. The maximum absolute atomic E-state index is 12.0. The average molecular weight is 399 g/mol. The van der Waals surface area contributed by atoms with Gasteiger partial charge in [0.25, 0.3) is 5.91 Å². The topological polar surface area (TPSA) is 83.3 Å². The average Bonchev–Trinajstić information content (AvgIpc) is 3.32. The molecule has 1 amide bonds. The zero-order valence-corrected chi connectivity index (χ0v) is 17.1. The molecule has 148 valence electrons. The normalized spacial score (nSPS) is 11.6. The smallest absolute Gasteiger partial charge is 0.263 e. The van der Waals surface area contributed by atoms with Crippen molar-refractivity contribution < 1.29 is 4.79 Å². The Hall–Kier alpha value is -2.87. The van der Waals surface area contributed by atoms with E-state index in [9.17, 15) is 4.79 Å². The molecule has 2 heterocycles. The Morgan fingerprint density at radius 2 is 1.93 bits per heavy atom. The van der Waals surface area contributed by atoms with Crippen LogP contribution in [0.5, 0.6) is 0 Å². The van der Waals surface area contributed by atoms with Gasteiger partial charge >= 0.3 is 0 Å². The van der Waals surface area contributed by atoms with Gasteiger partial charge in [0.05, 0.1) is 11.2 Å². The summed E-state index contributed by atoms with van der Waals surface area (Å²) in [5, 5.41) is 10.7. The van der Waals surface area contributed by atoms with Crippen LogP contribution in [0.2, 0.25) is 0 Å². The lowest BCUT2D eigenvalue weighted by molar-refractivity contribution is 0.0957. The third-order valence-electron chi connectivity index (χ3n) is 4.43. The Bertz CT molecular complexity index is 945. The van der Waals surface area contributed by atoms with E-state index in [0.717, 1.165) is 31.2 Å². The molecule has 0 aliphatic heterocycles. The molecular formula is C20H26N6OS. The number of thiazole rings is 1. The summed E-state index contributed by atoms with van der Waals surface area (Å²) in [5.41, 5.74) is 3.71. The predicted molar refractivity (Wildman–Crippen MR) is 115 cm³/mol. The van der Waals surface area contributed by atoms with Crippen molar-refractivity contribution in [1.82, 2.24) is 25.5 Å². The number of carbonyl (C=O) groups excluding carboxylic acids is 1. The molecule has 0 aliphatic rings. The number of rotatable bonds is 8. The fourth-order valence-corrected chi connectivity index (χ4v) is 3.69. The van der Waals surface area contributed by atoms with Crippen LogP contribution in [0.25, 0.3) is 10.9 Å². The molecule has 0 aliphatic carbocycles. The van der Waals surface area contributed by atoms with E-state index in [-0.39, 0.29) is 5.91 Å². The van der Waals surface area contributed by atoms with Gasteiger partial charge in [0.2, 0.25) is 0 Å². The molecule has 28 heavy (non-hydrogen) atoms. The second kappa shape index (κ2) is 9.89. The zero-order chi connectivity index (χ0) is 19.8. The number of guanidine groups is 1. The van der Waals surface area contributed by atoms with Crippen LogP contribution in [0.15, 0.2) is 47.0 Å². The first-order valence-electron chi connectivity index (χ1n) is 9.35. The Morgan fingerprint density at radius 3 is 2.71 bits per heavy atom. The Labute approximate surface area is 168 Å². The summed E-state index contributed by atoms with van der Waals surface area (Å²) in [4.78, 5) is 21.0. The van der Waals surface area contributed by atoms with E-state index in [1.165, 1.54) is 22.2 Å². The van der Waals surface area contributed by atoms with Crippen LogP contribution >= 0.6 is 11.3 Å². The minimum Gasteiger partial charge on any atom is -0.356 e. The first kappa shape index (κ1) is 19.9. The van der Waals surface area contributed by atoms with Gasteiger partial charge in [-0.05, 0) is 30.9 Å². The van der Waals surface area contributed by atoms with Gasteiger partial charge in [-0.2, -0.15) is 0 Å². The largest absolute Gasteiger partial charge is 0.356 e. The fourth-order valence-electron chi connectivity index (χ4n) is 2.97. The summed E-state index contributed by atoms with van der Waals surface area (Å²) in [7, 11) is 1.74. The second-order valence-corrected chi connectivity index (χ2v) is 7.22. The Balaban J connectivity index is 1.33. The molecule has 3 aromatic rings. The van der Waals surface area contributed by atoms with Gasteiger partial charge in [-0.3, -0.25) is 9.79 Å². The lowest BCUT2D eigenvalue weighted by Gasteiger charge is -2.12. The monoisotopic (exact) mass is 398 g/mol. The van der Waals surface area contributed by atoms with Crippen molar-refractivity contribution in [3.63, 3.8) is 0 Å². The molecule has 2 aromatic heterocycles. The van der Waals surface area contributed by atoms with Gasteiger partial charge in [-0.1, -0.05) is 18.2 Å². The third-order valence-corrected chi connectivity index (χ3v) is 5.35. The first-order valence-corrected chi connectivity index (χ1v) is 10.2. The number of aliphatic imine (C=N–C) groups is 1. The van der Waals surface area contributed by atoms with Crippen molar-refractivity contribution in [3.05, 3.63) is 52.6 Å². The lowest BCUT2D eigenvalue weighted by atomic mass is 10.2. The molecule has 7 nitrogen and oxygen atoms in total. The Kier molecular flexibility index (Phi) is 7.02. The van der Waals surface area contributed by atoms with E-state index in [1.54, 1.807) is 12.6 Å². The second-order valence-electron chi connectivity index (χ2n) is 6.37. The highest BCUT2D eigenvalue weighted by Crippen LogP contribution is 2.15. The van der Waals surface area contributed by atoms with Crippen LogP contribution in [-0.2, 0) is 6.54 Å². The van der Waals surface area contributed by atoms with Gasteiger partial charge in [0.1, 0.15) is 4.88 Å². The molecule has 8 heteroatoms. The molecule has 0 radical (unpaired) electrons. The number of hydrogen-bond acceptors (Lipinski definition) is 4. The van der Waals surface area contributed by atoms with E-state index < -0.39 is 0 Å². The number of benzene rings is 1. The van der Waals surface area contributed by atoms with Crippen LogP contribution < -0.4 is 16.0 Å². The van der Waals surface area contributed by atoms with E-state index in [0.29, 0.717) is 18.0 Å². The van der Waals surface area contributed by atoms with Crippen LogP contribution in [0, 0.1) is 6.92 Å². The van der Waals surface area contributed by atoms with E-state index >= 15 is 0 Å². The third kappa shape index (κ3) is 5.10. The van der Waals surface area contributed by atoms with Crippen LogP contribution in [0.1, 0.15) is 21.8 Å². The number of carbonyl (C=O) groups is 1. The lowest BCUT2D eigenvalue weighted by Crippen LogP contribution is -2.41. The van der Waals surface area contributed by atoms with Gasteiger partial charge in [0, 0.05) is 44.9 Å². The maximum Gasteiger partial charge on any atom is 0.263 e. The molecule has 0 saturated heterocycles. The SMILES string of the molecule is CN=C(NCCCn1ccc2ccccc21)NCCNC(=O)c1scnc1C. The van der Waals surface area contributed by atoms with E-state index in [1.807, 2.05) is 6.92 Å². The molecule has 0 saturated carbocycles. The predicted octanol–water partition coefficient (Wildman–Crippen LogP) is 2.39. The molecule has 3 N–H and O–H groups in total. The molecule has 0 spiro atoms. The highest BCUT2D eigenvalue weighted by Gasteiger charge is 2.10. The number of nitrogens with zero attached hydrogens (tertiary/aromatic N) is 3. The number of nitrogens with one attached hydrogen (secondary N) is 3. The molecule has 1 aromatic carbocycles. The number of aryl methyl sites for hydroxylation is 2. The van der Waals surface area contributed by atoms with Crippen molar-refractivity contribution in [3.8, 4) is 0 Å². The van der Waals surface area contributed by atoms with Crippen molar-refractivity contribution in [2.75, 3.05) is 26.7 Å². The number of aromatic nitrogens is 2. The minimum atomic E-state index is -0.0799. The number of para-hydroxylation sites is 1. The molecule has 0 fully saturated rings. The summed E-state index contributed by atoms with van der Waals surface area (Å²) < 4.78 is 2.27. The molecule has 3 rings (SSSR count). The fraction of sp³-hybridized carbons (Fsp3) is 0.350. The van der Waals surface area contributed by atoms with Crippen molar-refractivity contribution >= 4 is 34.1 Å². The summed E-state index contributed by atoms with van der Waals surface area (Å²) in [5.74, 6) is 0.657. The minimum absolute atomic E-state index is 0.0799. The molecule has 0 bridgehead atoms. The quantitative estimate of drug-likeness (QED) is 0.309. The van der Waals surface area contributed by atoms with Crippen molar-refractivity contribution in [1.29, 1.82) is 0 Å². The summed E-state index contributed by atoms with van der Waals surface area (Å²) in [6.07, 6.45) is 3.12. The van der Waals surface area contributed by atoms with Gasteiger partial charge in [-0.15, -0.1) is 11.3 Å². The van der Waals surface area contributed by atoms with Crippen LogP contribution in [-0.4, -0.2) is 48.1 Å². The summed E-state index contributed by atoms with van der Waals surface area (Å²) in [6.45, 7) is 4.73. The molecule has 0 unspecified atom stereocenters. The standard InChI is InChI=1S/C20H26N6OS/c1-15-18(28-14-25-15)19(27)22-10-11-24-20(21-2)23-9-5-12-26-13-8-16-6-3-4-7-17(16)26/h3-4,6-8,13-14H,5,9-12H2,1-2H3,(H,22,27)(H2,21,23,24). The number of amides is 1. The molecule has 0 atom stereocenters. The van der Waals surface area contributed by atoms with Gasteiger partial charge < -0.3 is 20.5 Å². The van der Waals surface area contributed by atoms with Crippen molar-refractivity contribution in [2.45, 2.75) is 19.9 Å². The van der Waals surface area contributed by atoms with Crippen LogP contribution in [0.3, 0.4) is 0 Å². The Morgan fingerprint density at radius 1 is 1.14 bits per heavy atom.